The van der Waals surface area contributed by atoms with Crippen molar-refractivity contribution in [1.29, 1.82) is 0 Å². The molecule has 0 aromatic carbocycles. The Balaban J connectivity index is 1.44. The Kier molecular flexibility index (Phi) is 6.00. The molecule has 0 bridgehead atoms. The quantitative estimate of drug-likeness (QED) is 0.377. The van der Waals surface area contributed by atoms with E-state index in [1.807, 2.05) is 0 Å². The molecular weight excluding hydrogens is 452 g/mol. The van der Waals surface area contributed by atoms with E-state index in [2.05, 4.69) is 10.1 Å². The number of nitrogens with zero attached hydrogens (tertiary/aromatic N) is 6. The van der Waals surface area contributed by atoms with Gasteiger partial charge < -0.3 is 14.5 Å². The van der Waals surface area contributed by atoms with Gasteiger partial charge in [-0.05, 0) is 37.7 Å². The van der Waals surface area contributed by atoms with Crippen LogP contribution in [0, 0.1) is 22.5 Å². The summed E-state index contributed by atoms with van der Waals surface area (Å²) in [5.74, 6) is -0.234. The second-order valence-corrected chi connectivity index (χ2v) is 9.04. The minimum atomic E-state index is -0.550. The average Bonchev–Trinajstić information content (AvgIpc) is 3.33. The molecule has 1 spiro atoms. The summed E-state index contributed by atoms with van der Waals surface area (Å²) in [4.78, 5) is 44.5. The Bertz CT molecular complexity index is 1120. The number of hydrogen-bond acceptors (Lipinski definition) is 7. The number of likely N-dealkylation sites (tertiary alicyclic amines) is 2. The first kappa shape index (κ1) is 23.0. The van der Waals surface area contributed by atoms with Crippen LogP contribution < -0.4 is 4.74 Å². The summed E-state index contributed by atoms with van der Waals surface area (Å²) >= 11 is 6.00. The fraction of sp³-hybridized carbons (Fsp3) is 0.524. The van der Waals surface area contributed by atoms with Crippen molar-refractivity contribution >= 4 is 29.1 Å². The zero-order valence-corrected chi connectivity index (χ0v) is 19.5. The third kappa shape index (κ3) is 4.24. The number of hydrogen-bond donors (Lipinski definition) is 0. The summed E-state index contributed by atoms with van der Waals surface area (Å²) in [6.07, 6.45) is 2.27. The Hall–Kier alpha value is -3.21. The molecule has 0 aliphatic carbocycles. The minimum absolute atomic E-state index is 0.00526. The number of amides is 2. The number of ether oxygens (including phenoxy) is 1. The predicted molar refractivity (Wildman–Crippen MR) is 118 cm³/mol. The number of carbonyl (C=O) groups is 2. The Morgan fingerprint density at radius 2 is 1.79 bits per heavy atom. The van der Waals surface area contributed by atoms with Crippen LogP contribution in [0.25, 0.3) is 0 Å². The van der Waals surface area contributed by atoms with Crippen molar-refractivity contribution in [2.45, 2.75) is 26.2 Å². The third-order valence-corrected chi connectivity index (χ3v) is 6.83. The molecule has 2 aliphatic rings. The van der Waals surface area contributed by atoms with E-state index >= 15 is 0 Å². The van der Waals surface area contributed by atoms with Crippen LogP contribution in [0.1, 0.15) is 45.8 Å². The first-order chi connectivity index (χ1) is 15.6. The van der Waals surface area contributed by atoms with Gasteiger partial charge in [0.15, 0.2) is 0 Å². The second kappa shape index (κ2) is 8.62. The summed E-state index contributed by atoms with van der Waals surface area (Å²) in [7, 11) is 3.01. The van der Waals surface area contributed by atoms with Crippen LogP contribution in [-0.2, 0) is 7.05 Å². The number of aromatic nitrogens is 3. The highest BCUT2D eigenvalue weighted by Crippen LogP contribution is 2.41. The molecule has 4 rings (SSSR count). The summed E-state index contributed by atoms with van der Waals surface area (Å²) in [5, 5.41) is 15.7. The van der Waals surface area contributed by atoms with Crippen molar-refractivity contribution in [2.75, 3.05) is 33.3 Å². The Morgan fingerprint density at radius 3 is 2.39 bits per heavy atom. The van der Waals surface area contributed by atoms with E-state index in [9.17, 15) is 19.7 Å². The molecule has 2 saturated heterocycles. The van der Waals surface area contributed by atoms with Crippen LogP contribution in [0.4, 0.5) is 5.69 Å². The first-order valence-corrected chi connectivity index (χ1v) is 11.0. The van der Waals surface area contributed by atoms with E-state index in [1.165, 1.54) is 24.8 Å². The maximum Gasteiger partial charge on any atom is 0.322 e. The van der Waals surface area contributed by atoms with Gasteiger partial charge in [-0.15, -0.1) is 0 Å². The molecule has 12 heteroatoms. The molecule has 33 heavy (non-hydrogen) atoms. The van der Waals surface area contributed by atoms with E-state index in [-0.39, 0.29) is 45.3 Å². The zero-order valence-electron chi connectivity index (χ0n) is 18.7. The smallest absolute Gasteiger partial charge is 0.322 e. The molecule has 0 unspecified atom stereocenters. The standard InChI is InChI=1S/C21H25ClN6O5/c1-13-17(28(31)32)18(25(2)24-13)20(30)27-9-6-21(12-27)4-7-26(8-5-21)19(29)14-10-15(22)23-16(11-14)33-3/h10-11H,4-9,12H2,1-3H3. The zero-order chi connectivity index (χ0) is 23.9. The van der Waals surface area contributed by atoms with Gasteiger partial charge in [0, 0.05) is 44.9 Å². The van der Waals surface area contributed by atoms with E-state index < -0.39 is 4.92 Å². The van der Waals surface area contributed by atoms with Gasteiger partial charge in [0.25, 0.3) is 11.8 Å². The van der Waals surface area contributed by atoms with Gasteiger partial charge in [0.1, 0.15) is 10.8 Å². The predicted octanol–water partition coefficient (Wildman–Crippen LogP) is 2.46. The monoisotopic (exact) mass is 476 g/mol. The molecule has 2 fully saturated rings. The average molecular weight is 477 g/mol. The molecule has 4 heterocycles. The molecule has 0 N–H and O–H groups in total. The number of methoxy groups -OCH3 is 1. The number of carbonyl (C=O) groups excluding carboxylic acids is 2. The van der Waals surface area contributed by atoms with Gasteiger partial charge in [-0.3, -0.25) is 24.4 Å². The van der Waals surface area contributed by atoms with Gasteiger partial charge in [-0.25, -0.2) is 4.98 Å². The summed E-state index contributed by atoms with van der Waals surface area (Å²) in [5.41, 5.74) is 0.299. The minimum Gasteiger partial charge on any atom is -0.481 e. The highest BCUT2D eigenvalue weighted by Gasteiger charge is 2.44. The first-order valence-electron chi connectivity index (χ1n) is 10.6. The van der Waals surface area contributed by atoms with Crippen LogP contribution >= 0.6 is 11.6 Å². The molecule has 176 valence electrons. The van der Waals surface area contributed by atoms with Gasteiger partial charge in [0.2, 0.25) is 11.6 Å². The number of aryl methyl sites for hydroxylation is 2. The topological polar surface area (TPSA) is 124 Å². The lowest BCUT2D eigenvalue weighted by atomic mass is 9.77. The van der Waals surface area contributed by atoms with E-state index in [0.29, 0.717) is 31.7 Å². The number of pyridine rings is 1. The maximum atomic E-state index is 13.1. The van der Waals surface area contributed by atoms with Crippen molar-refractivity contribution in [1.82, 2.24) is 24.6 Å². The third-order valence-electron chi connectivity index (χ3n) is 6.64. The number of nitro groups is 1. The molecule has 0 atom stereocenters. The largest absolute Gasteiger partial charge is 0.481 e. The van der Waals surface area contributed by atoms with Crippen molar-refractivity contribution in [3.8, 4) is 5.88 Å². The van der Waals surface area contributed by atoms with E-state index in [0.717, 1.165) is 19.3 Å². The molecule has 0 saturated carbocycles. The molecule has 0 radical (unpaired) electrons. The van der Waals surface area contributed by atoms with Crippen molar-refractivity contribution in [2.24, 2.45) is 12.5 Å². The molecule has 2 aliphatic heterocycles. The van der Waals surface area contributed by atoms with Crippen LogP contribution in [0.2, 0.25) is 5.15 Å². The van der Waals surface area contributed by atoms with Gasteiger partial charge in [-0.1, -0.05) is 11.6 Å². The fourth-order valence-electron chi connectivity index (χ4n) is 4.84. The Labute approximate surface area is 195 Å². The van der Waals surface area contributed by atoms with Gasteiger partial charge >= 0.3 is 5.69 Å². The van der Waals surface area contributed by atoms with Crippen molar-refractivity contribution < 1.29 is 19.2 Å². The lowest BCUT2D eigenvalue weighted by Crippen LogP contribution is -2.44. The van der Waals surface area contributed by atoms with Gasteiger partial charge in [-0.2, -0.15) is 5.10 Å². The van der Waals surface area contributed by atoms with Crippen LogP contribution in [-0.4, -0.2) is 74.6 Å². The lowest BCUT2D eigenvalue weighted by Gasteiger charge is -2.39. The second-order valence-electron chi connectivity index (χ2n) is 8.65. The van der Waals surface area contributed by atoms with E-state index in [1.54, 1.807) is 22.9 Å². The highest BCUT2D eigenvalue weighted by molar-refractivity contribution is 6.29. The Morgan fingerprint density at radius 1 is 1.15 bits per heavy atom. The highest BCUT2D eigenvalue weighted by atomic mass is 35.5. The number of halogens is 1. The molecule has 2 amide bonds. The molecule has 2 aromatic rings. The normalized spacial score (nSPS) is 17.5. The number of piperidine rings is 1. The van der Waals surface area contributed by atoms with Crippen LogP contribution in [0.15, 0.2) is 12.1 Å². The molecule has 11 nitrogen and oxygen atoms in total. The summed E-state index contributed by atoms with van der Waals surface area (Å²) in [6.45, 7) is 3.65. The van der Waals surface area contributed by atoms with Crippen molar-refractivity contribution in [3.05, 3.63) is 44.4 Å². The fourth-order valence-corrected chi connectivity index (χ4v) is 5.04. The summed E-state index contributed by atoms with van der Waals surface area (Å²) < 4.78 is 6.39. The van der Waals surface area contributed by atoms with Gasteiger partial charge in [0.05, 0.1) is 12.0 Å². The van der Waals surface area contributed by atoms with E-state index in [4.69, 9.17) is 16.3 Å². The number of rotatable bonds is 4. The molecule has 2 aromatic heterocycles. The maximum absolute atomic E-state index is 13.1. The van der Waals surface area contributed by atoms with Crippen LogP contribution in [0.3, 0.4) is 0 Å². The summed E-state index contributed by atoms with van der Waals surface area (Å²) in [6, 6.07) is 3.09. The lowest BCUT2D eigenvalue weighted by molar-refractivity contribution is -0.385. The van der Waals surface area contributed by atoms with Crippen LogP contribution in [0.5, 0.6) is 5.88 Å². The van der Waals surface area contributed by atoms with Crippen molar-refractivity contribution in [3.63, 3.8) is 0 Å². The molecular formula is C21H25ClN6O5. The SMILES string of the molecule is COc1cc(C(=O)N2CCC3(CC2)CCN(C(=O)c2c([N+](=O)[O-])c(C)nn2C)C3)cc(Cl)n1.